The number of aryl methyl sites for hydroxylation is 1. The highest BCUT2D eigenvalue weighted by Crippen LogP contribution is 2.17. The van der Waals surface area contributed by atoms with Crippen molar-refractivity contribution in [2.75, 3.05) is 11.9 Å². The molecule has 4 nitrogen and oxygen atoms in total. The Morgan fingerprint density at radius 3 is 3.20 bits per heavy atom. The number of para-hydroxylation sites is 1. The summed E-state index contributed by atoms with van der Waals surface area (Å²) in [6.07, 6.45) is 0. The van der Waals surface area contributed by atoms with Gasteiger partial charge in [0.2, 0.25) is 5.95 Å². The van der Waals surface area contributed by atoms with Crippen molar-refractivity contribution < 1.29 is 0 Å². The van der Waals surface area contributed by atoms with Gasteiger partial charge in [0.1, 0.15) is 0 Å². The Hall–Kier alpha value is -1.84. The first-order valence-electron chi connectivity index (χ1n) is 5.01. The number of nitrogens with zero attached hydrogens (tertiary/aromatic N) is 2. The van der Waals surface area contributed by atoms with Crippen LogP contribution in [0, 0.1) is 6.92 Å². The number of fused-ring (bicyclic) bond motifs is 2. The van der Waals surface area contributed by atoms with Crippen LogP contribution in [0.2, 0.25) is 0 Å². The normalized spacial score (nSPS) is 13.9. The lowest BCUT2D eigenvalue weighted by Crippen LogP contribution is -2.19. The van der Waals surface area contributed by atoms with Crippen LogP contribution in [0.15, 0.2) is 23.0 Å². The second-order valence-corrected chi connectivity index (χ2v) is 3.79. The molecular weight excluding hydrogens is 190 g/mol. The summed E-state index contributed by atoms with van der Waals surface area (Å²) in [4.78, 5) is 16.5. The fourth-order valence-corrected chi connectivity index (χ4v) is 2.01. The Labute approximate surface area is 86.6 Å². The van der Waals surface area contributed by atoms with Crippen LogP contribution in [0.1, 0.15) is 5.56 Å². The molecule has 2 aromatic rings. The summed E-state index contributed by atoms with van der Waals surface area (Å²) in [5.74, 6) is 0.696. The first-order chi connectivity index (χ1) is 7.27. The molecule has 1 N–H and O–H groups in total. The Bertz CT molecular complexity index is 601. The SMILES string of the molecule is Cc1cccc2c(=O)n3c(nc12)NCC3. The van der Waals surface area contributed by atoms with Crippen molar-refractivity contribution in [2.45, 2.75) is 13.5 Å². The minimum atomic E-state index is 0.0590. The van der Waals surface area contributed by atoms with Crippen molar-refractivity contribution in [3.8, 4) is 0 Å². The zero-order chi connectivity index (χ0) is 10.4. The van der Waals surface area contributed by atoms with E-state index in [1.165, 1.54) is 0 Å². The van der Waals surface area contributed by atoms with E-state index >= 15 is 0 Å². The summed E-state index contributed by atoms with van der Waals surface area (Å²) in [6.45, 7) is 3.48. The first-order valence-corrected chi connectivity index (χ1v) is 5.01. The summed E-state index contributed by atoms with van der Waals surface area (Å²) in [5, 5.41) is 3.82. The summed E-state index contributed by atoms with van der Waals surface area (Å²) in [6, 6.07) is 5.71. The summed E-state index contributed by atoms with van der Waals surface area (Å²) in [5.41, 5.74) is 1.91. The van der Waals surface area contributed by atoms with Gasteiger partial charge in [0, 0.05) is 13.1 Å². The zero-order valence-electron chi connectivity index (χ0n) is 8.45. The third-order valence-electron chi connectivity index (χ3n) is 2.81. The molecule has 76 valence electrons. The number of hydrogen-bond donors (Lipinski definition) is 1. The van der Waals surface area contributed by atoms with E-state index in [0.717, 1.165) is 17.6 Å². The smallest absolute Gasteiger partial charge is 0.262 e. The standard InChI is InChI=1S/C11H11N3O/c1-7-3-2-4-8-9(7)13-11-12-5-6-14(11)10(8)15/h2-4H,5-6H2,1H3,(H,12,13). The van der Waals surface area contributed by atoms with E-state index in [1.54, 1.807) is 4.57 Å². The van der Waals surface area contributed by atoms with E-state index in [-0.39, 0.29) is 5.56 Å². The molecule has 2 heterocycles. The largest absolute Gasteiger partial charge is 0.354 e. The average Bonchev–Trinajstić information content (AvgIpc) is 2.68. The van der Waals surface area contributed by atoms with Gasteiger partial charge in [0.25, 0.3) is 5.56 Å². The van der Waals surface area contributed by atoms with Crippen molar-refractivity contribution in [3.05, 3.63) is 34.1 Å². The minimum absolute atomic E-state index is 0.0590. The maximum Gasteiger partial charge on any atom is 0.262 e. The molecule has 1 aromatic carbocycles. The number of rotatable bonds is 0. The molecule has 1 aliphatic rings. The van der Waals surface area contributed by atoms with E-state index in [9.17, 15) is 4.79 Å². The van der Waals surface area contributed by atoms with E-state index in [2.05, 4.69) is 10.3 Å². The summed E-state index contributed by atoms with van der Waals surface area (Å²) < 4.78 is 1.70. The van der Waals surface area contributed by atoms with Crippen LogP contribution >= 0.6 is 0 Å². The quantitative estimate of drug-likeness (QED) is 0.695. The van der Waals surface area contributed by atoms with Crippen LogP contribution in [0.3, 0.4) is 0 Å². The van der Waals surface area contributed by atoms with Crippen molar-refractivity contribution in [1.82, 2.24) is 9.55 Å². The molecule has 0 fully saturated rings. The highest BCUT2D eigenvalue weighted by Gasteiger charge is 2.15. The van der Waals surface area contributed by atoms with Crippen molar-refractivity contribution in [3.63, 3.8) is 0 Å². The summed E-state index contributed by atoms with van der Waals surface area (Å²) in [7, 11) is 0. The molecule has 0 atom stereocenters. The third kappa shape index (κ3) is 1.08. The lowest BCUT2D eigenvalue weighted by molar-refractivity contribution is 0.771. The van der Waals surface area contributed by atoms with Gasteiger partial charge in [-0.1, -0.05) is 12.1 Å². The molecular formula is C11H11N3O. The highest BCUT2D eigenvalue weighted by atomic mass is 16.1. The molecule has 0 unspecified atom stereocenters. The Kier molecular flexibility index (Phi) is 1.59. The molecule has 4 heteroatoms. The van der Waals surface area contributed by atoms with E-state index in [1.807, 2.05) is 25.1 Å². The van der Waals surface area contributed by atoms with Crippen molar-refractivity contribution in [1.29, 1.82) is 0 Å². The Morgan fingerprint density at radius 2 is 2.33 bits per heavy atom. The molecule has 3 rings (SSSR count). The molecule has 0 radical (unpaired) electrons. The Morgan fingerprint density at radius 1 is 1.47 bits per heavy atom. The first kappa shape index (κ1) is 8.47. The van der Waals surface area contributed by atoms with Crippen molar-refractivity contribution >= 4 is 16.9 Å². The number of hydrogen-bond acceptors (Lipinski definition) is 3. The van der Waals surface area contributed by atoms with Crippen LogP contribution in [0.25, 0.3) is 10.9 Å². The minimum Gasteiger partial charge on any atom is -0.354 e. The second-order valence-electron chi connectivity index (χ2n) is 3.79. The fraction of sp³-hybridized carbons (Fsp3) is 0.273. The van der Waals surface area contributed by atoms with Gasteiger partial charge in [-0.05, 0) is 18.6 Å². The zero-order valence-corrected chi connectivity index (χ0v) is 8.45. The van der Waals surface area contributed by atoms with Crippen LogP contribution in [0.5, 0.6) is 0 Å². The van der Waals surface area contributed by atoms with E-state index in [4.69, 9.17) is 0 Å². The predicted molar refractivity (Wildman–Crippen MR) is 59.2 cm³/mol. The van der Waals surface area contributed by atoms with E-state index in [0.29, 0.717) is 17.9 Å². The van der Waals surface area contributed by atoms with Crippen LogP contribution in [0.4, 0.5) is 5.95 Å². The van der Waals surface area contributed by atoms with Crippen molar-refractivity contribution in [2.24, 2.45) is 0 Å². The van der Waals surface area contributed by atoms with Gasteiger partial charge < -0.3 is 5.32 Å². The van der Waals surface area contributed by atoms with Gasteiger partial charge in [-0.2, -0.15) is 0 Å². The molecule has 1 aromatic heterocycles. The monoisotopic (exact) mass is 201 g/mol. The van der Waals surface area contributed by atoms with Gasteiger partial charge in [-0.25, -0.2) is 4.98 Å². The van der Waals surface area contributed by atoms with Crippen LogP contribution < -0.4 is 10.9 Å². The number of nitrogens with one attached hydrogen (secondary N) is 1. The van der Waals surface area contributed by atoms with Crippen LogP contribution in [-0.4, -0.2) is 16.1 Å². The number of anilines is 1. The lowest BCUT2D eigenvalue weighted by atomic mass is 10.1. The van der Waals surface area contributed by atoms with Gasteiger partial charge >= 0.3 is 0 Å². The van der Waals surface area contributed by atoms with Gasteiger partial charge in [-0.3, -0.25) is 9.36 Å². The van der Waals surface area contributed by atoms with E-state index < -0.39 is 0 Å². The molecule has 15 heavy (non-hydrogen) atoms. The third-order valence-corrected chi connectivity index (χ3v) is 2.81. The maximum atomic E-state index is 12.1. The molecule has 0 saturated heterocycles. The van der Waals surface area contributed by atoms with Gasteiger partial charge in [0.05, 0.1) is 10.9 Å². The molecule has 0 saturated carbocycles. The maximum absolute atomic E-state index is 12.1. The Balaban J connectivity index is 2.52. The number of aromatic nitrogens is 2. The average molecular weight is 201 g/mol. The summed E-state index contributed by atoms with van der Waals surface area (Å²) >= 11 is 0. The molecule has 0 bridgehead atoms. The number of benzene rings is 1. The molecule has 0 aliphatic carbocycles. The topological polar surface area (TPSA) is 46.9 Å². The van der Waals surface area contributed by atoms with Crippen LogP contribution in [-0.2, 0) is 6.54 Å². The predicted octanol–water partition coefficient (Wildman–Crippen LogP) is 1.13. The molecule has 0 amide bonds. The fourth-order valence-electron chi connectivity index (χ4n) is 2.01. The molecule has 0 spiro atoms. The second kappa shape index (κ2) is 2.82. The molecule has 1 aliphatic heterocycles. The van der Waals surface area contributed by atoms with Gasteiger partial charge in [0.15, 0.2) is 0 Å². The highest BCUT2D eigenvalue weighted by molar-refractivity contribution is 5.81. The van der Waals surface area contributed by atoms with Gasteiger partial charge in [-0.15, -0.1) is 0 Å². The lowest BCUT2D eigenvalue weighted by Gasteiger charge is -2.05.